The van der Waals surface area contributed by atoms with Crippen molar-refractivity contribution in [1.82, 2.24) is 39.4 Å². The Labute approximate surface area is 133 Å². The highest BCUT2D eigenvalue weighted by molar-refractivity contribution is 7.33. The number of hydrogen-bond donors (Lipinski definition) is 2. The highest BCUT2D eigenvalue weighted by atomic mass is 31.1. The first-order valence-corrected chi connectivity index (χ1v) is 7.45. The van der Waals surface area contributed by atoms with E-state index in [9.17, 15) is 4.57 Å². The van der Waals surface area contributed by atoms with Gasteiger partial charge >= 0.3 is 8.25 Å². The maximum atomic E-state index is 12.1. The molecule has 0 aromatic carbocycles. The maximum absolute atomic E-state index is 12.1. The summed E-state index contributed by atoms with van der Waals surface area (Å²) in [7, 11) is -2.65. The molecule has 0 unspecified atom stereocenters. The highest BCUT2D eigenvalue weighted by Crippen LogP contribution is 2.20. The number of nitrogens with zero attached hydrogens (tertiary/aromatic N) is 8. The fourth-order valence-electron chi connectivity index (χ4n) is 1.88. The second-order valence-electron chi connectivity index (χ2n) is 4.40. The number of nitrogen functional groups attached to an aromatic ring is 2. The third-order valence-corrected chi connectivity index (χ3v) is 3.49. The summed E-state index contributed by atoms with van der Waals surface area (Å²) in [5.41, 5.74) is 12.3. The zero-order valence-electron chi connectivity index (χ0n) is 11.7. The van der Waals surface area contributed by atoms with E-state index in [0.29, 0.717) is 11.0 Å². The lowest BCUT2D eigenvalue weighted by Gasteiger charge is -1.96. The van der Waals surface area contributed by atoms with Crippen LogP contribution in [0.3, 0.4) is 0 Å². The molecule has 24 heavy (non-hydrogen) atoms. The topological polar surface area (TPSA) is 175 Å². The summed E-state index contributed by atoms with van der Waals surface area (Å²) >= 11 is 0. The molecule has 0 amide bonds. The van der Waals surface area contributed by atoms with Crippen LogP contribution in [0.15, 0.2) is 25.0 Å². The smallest absolute Gasteiger partial charge is 0.368 e. The number of aromatic nitrogens is 8. The lowest BCUT2D eigenvalue weighted by Crippen LogP contribution is -2.11. The first-order valence-electron chi connectivity index (χ1n) is 6.35. The molecule has 0 aliphatic heterocycles. The van der Waals surface area contributed by atoms with Crippen LogP contribution in [0.5, 0.6) is 0 Å². The van der Waals surface area contributed by atoms with Gasteiger partial charge in [-0.2, -0.15) is 9.97 Å². The quantitative estimate of drug-likeness (QED) is 0.448. The SMILES string of the molecule is Nc1ncc2ncn(O[P+](=O)On3cnc4cnc(N)nc43)c2n1. The van der Waals surface area contributed by atoms with E-state index >= 15 is 0 Å². The molecule has 0 atom stereocenters. The number of hydrogen-bond acceptors (Lipinski definition) is 11. The molecule has 4 N–H and O–H groups in total. The van der Waals surface area contributed by atoms with Crippen molar-refractivity contribution in [1.29, 1.82) is 0 Å². The zero-order valence-corrected chi connectivity index (χ0v) is 12.6. The minimum absolute atomic E-state index is 0.0248. The Morgan fingerprint density at radius 1 is 0.833 bits per heavy atom. The molecule has 4 aromatic rings. The van der Waals surface area contributed by atoms with E-state index in [-0.39, 0.29) is 23.2 Å². The molecule has 4 heterocycles. The van der Waals surface area contributed by atoms with Gasteiger partial charge in [0.05, 0.1) is 12.4 Å². The van der Waals surface area contributed by atoms with Crippen molar-refractivity contribution < 1.29 is 13.8 Å². The first kappa shape index (κ1) is 14.0. The molecule has 0 saturated carbocycles. The Morgan fingerprint density at radius 3 is 1.75 bits per heavy atom. The van der Waals surface area contributed by atoms with Gasteiger partial charge in [0, 0.05) is 4.57 Å². The Kier molecular flexibility index (Phi) is 3.06. The van der Waals surface area contributed by atoms with Crippen LogP contribution in [-0.4, -0.2) is 39.4 Å². The van der Waals surface area contributed by atoms with Crippen LogP contribution < -0.4 is 20.7 Å². The monoisotopic (exact) mass is 347 g/mol. The number of rotatable bonds is 4. The number of nitrogens with two attached hydrogens (primary N) is 2. The molecule has 0 spiro atoms. The van der Waals surface area contributed by atoms with Crippen LogP contribution in [0.4, 0.5) is 11.9 Å². The molecule has 0 radical (unpaired) electrons. The standard InChI is InChI=1S/C10H8N10O3P/c11-9-13-1-5-7(17-9)19(3-15-5)22-24(21)23-20-4-16-6-2-14-10(12)18-8(6)20/h1-4H,(H2,11,13,17)(H2,12,14,18)/q+1. The molecule has 0 saturated heterocycles. The van der Waals surface area contributed by atoms with Crippen LogP contribution in [-0.2, 0) is 4.57 Å². The molecule has 13 nitrogen and oxygen atoms in total. The summed E-state index contributed by atoms with van der Waals surface area (Å²) in [6.07, 6.45) is 5.35. The zero-order chi connectivity index (χ0) is 16.7. The van der Waals surface area contributed by atoms with Gasteiger partial charge < -0.3 is 11.5 Å². The van der Waals surface area contributed by atoms with E-state index in [1.807, 2.05) is 0 Å². The van der Waals surface area contributed by atoms with Crippen molar-refractivity contribution in [2.24, 2.45) is 0 Å². The second kappa shape index (κ2) is 5.24. The molecule has 4 aromatic heterocycles. The van der Waals surface area contributed by atoms with E-state index in [0.717, 1.165) is 9.46 Å². The van der Waals surface area contributed by atoms with Crippen LogP contribution in [0.2, 0.25) is 0 Å². The van der Waals surface area contributed by atoms with Gasteiger partial charge in [-0.05, 0) is 0 Å². The summed E-state index contributed by atoms with van der Waals surface area (Å²) in [4.78, 5) is 23.5. The molecular formula is C10H8N10O3P+. The number of anilines is 2. The molecule has 4 rings (SSSR count). The Hall–Kier alpha value is -3.60. The predicted octanol–water partition coefficient (Wildman–Crippen LogP) is -0.655. The second-order valence-corrected chi connectivity index (χ2v) is 5.18. The van der Waals surface area contributed by atoms with Crippen molar-refractivity contribution in [3.05, 3.63) is 25.0 Å². The minimum Gasteiger partial charge on any atom is -0.368 e. The van der Waals surface area contributed by atoms with Gasteiger partial charge in [-0.1, -0.05) is 9.46 Å². The van der Waals surface area contributed by atoms with E-state index < -0.39 is 8.25 Å². The van der Waals surface area contributed by atoms with Crippen molar-refractivity contribution in [2.45, 2.75) is 0 Å². The number of imidazole rings is 2. The molecule has 0 aliphatic carbocycles. The Morgan fingerprint density at radius 2 is 1.29 bits per heavy atom. The predicted molar refractivity (Wildman–Crippen MR) is 80.2 cm³/mol. The molecular weight excluding hydrogens is 339 g/mol. The van der Waals surface area contributed by atoms with Gasteiger partial charge in [0.15, 0.2) is 0 Å². The van der Waals surface area contributed by atoms with Crippen LogP contribution >= 0.6 is 8.25 Å². The Balaban J connectivity index is 1.59. The first-order chi connectivity index (χ1) is 11.6. The van der Waals surface area contributed by atoms with E-state index in [1.165, 1.54) is 25.0 Å². The summed E-state index contributed by atoms with van der Waals surface area (Å²) in [6.45, 7) is 0. The van der Waals surface area contributed by atoms with E-state index in [4.69, 9.17) is 20.7 Å². The van der Waals surface area contributed by atoms with Gasteiger partial charge in [0.1, 0.15) is 23.7 Å². The average molecular weight is 347 g/mol. The van der Waals surface area contributed by atoms with Crippen LogP contribution in [0.25, 0.3) is 22.3 Å². The molecule has 0 aliphatic rings. The molecule has 120 valence electrons. The summed E-state index contributed by atoms with van der Waals surface area (Å²) in [5.74, 6) is 0.0496. The van der Waals surface area contributed by atoms with Crippen molar-refractivity contribution >= 4 is 42.5 Å². The normalized spacial score (nSPS) is 11.0. The van der Waals surface area contributed by atoms with Gasteiger partial charge in [-0.15, -0.1) is 9.25 Å². The minimum atomic E-state index is -2.65. The molecule has 14 heteroatoms. The van der Waals surface area contributed by atoms with Gasteiger partial charge in [-0.3, -0.25) is 0 Å². The van der Waals surface area contributed by atoms with Gasteiger partial charge in [0.2, 0.25) is 23.2 Å². The number of fused-ring (bicyclic) bond motifs is 2. The largest absolute Gasteiger partial charge is 0.848 e. The highest BCUT2D eigenvalue weighted by Gasteiger charge is 2.28. The van der Waals surface area contributed by atoms with Crippen LogP contribution in [0, 0.1) is 0 Å². The molecule has 0 bridgehead atoms. The van der Waals surface area contributed by atoms with Crippen molar-refractivity contribution in [3.63, 3.8) is 0 Å². The van der Waals surface area contributed by atoms with E-state index in [2.05, 4.69) is 29.9 Å². The van der Waals surface area contributed by atoms with Gasteiger partial charge in [0.25, 0.3) is 0 Å². The third kappa shape index (κ3) is 2.38. The van der Waals surface area contributed by atoms with E-state index in [1.54, 1.807) is 0 Å². The summed E-state index contributed by atoms with van der Waals surface area (Å²) < 4.78 is 24.5. The van der Waals surface area contributed by atoms with Crippen LogP contribution in [0.1, 0.15) is 0 Å². The lowest BCUT2D eigenvalue weighted by atomic mass is 10.6. The molecule has 0 fully saturated rings. The average Bonchev–Trinajstić information content (AvgIpc) is 3.12. The summed E-state index contributed by atoms with van der Waals surface area (Å²) in [5, 5.41) is 0. The fraction of sp³-hybridized carbons (Fsp3) is 0. The summed E-state index contributed by atoms with van der Waals surface area (Å²) in [6, 6.07) is 0. The van der Waals surface area contributed by atoms with Crippen molar-refractivity contribution in [3.8, 4) is 0 Å². The lowest BCUT2D eigenvalue weighted by molar-refractivity contribution is 0.201. The van der Waals surface area contributed by atoms with Gasteiger partial charge in [-0.25, -0.2) is 19.9 Å². The third-order valence-electron chi connectivity index (χ3n) is 2.87. The Bertz CT molecular complexity index is 991. The maximum Gasteiger partial charge on any atom is 0.848 e. The fourth-order valence-corrected chi connectivity index (χ4v) is 2.44. The van der Waals surface area contributed by atoms with Crippen molar-refractivity contribution in [2.75, 3.05) is 11.5 Å².